The second kappa shape index (κ2) is 9.64. The highest BCUT2D eigenvalue weighted by atomic mass is 32.2. The molecular weight excluding hydrogens is 441 g/mol. The fourth-order valence-corrected chi connectivity index (χ4v) is 5.74. The number of thioether (sulfide) groups is 1. The van der Waals surface area contributed by atoms with Crippen molar-refractivity contribution in [3.05, 3.63) is 42.6 Å². The smallest absolute Gasteiger partial charge is 0.191 e. The summed E-state index contributed by atoms with van der Waals surface area (Å²) in [6.07, 6.45) is 7.28. The Morgan fingerprint density at radius 2 is 2.12 bits per heavy atom. The second-order valence-electron chi connectivity index (χ2n) is 8.55. The van der Waals surface area contributed by atoms with Crippen LogP contribution >= 0.6 is 11.8 Å². The SMILES string of the molecule is COc1cc(N2CC[C@H]3CN(CCCSc4nnc(-c5cnccn5)n4C)C[C@H]32)ccc1F. The van der Waals surface area contributed by atoms with Gasteiger partial charge in [-0.05, 0) is 37.4 Å². The van der Waals surface area contributed by atoms with Crippen molar-refractivity contribution in [2.75, 3.05) is 43.9 Å². The fourth-order valence-electron chi connectivity index (χ4n) is 4.91. The molecule has 2 fully saturated rings. The highest BCUT2D eigenvalue weighted by molar-refractivity contribution is 7.99. The summed E-state index contributed by atoms with van der Waals surface area (Å²) in [4.78, 5) is 13.4. The van der Waals surface area contributed by atoms with Crippen molar-refractivity contribution in [3.63, 3.8) is 0 Å². The van der Waals surface area contributed by atoms with E-state index in [1.165, 1.54) is 19.6 Å². The van der Waals surface area contributed by atoms with Gasteiger partial charge in [-0.2, -0.15) is 0 Å². The van der Waals surface area contributed by atoms with E-state index in [-0.39, 0.29) is 5.82 Å². The van der Waals surface area contributed by atoms with Crippen LogP contribution in [0.4, 0.5) is 10.1 Å². The Morgan fingerprint density at radius 3 is 2.94 bits per heavy atom. The lowest BCUT2D eigenvalue weighted by molar-refractivity contribution is 0.319. The van der Waals surface area contributed by atoms with Crippen LogP contribution in [0.25, 0.3) is 11.5 Å². The van der Waals surface area contributed by atoms with E-state index in [0.717, 1.165) is 60.7 Å². The van der Waals surface area contributed by atoms with Crippen molar-refractivity contribution in [1.82, 2.24) is 29.6 Å². The van der Waals surface area contributed by atoms with E-state index in [9.17, 15) is 4.39 Å². The van der Waals surface area contributed by atoms with Gasteiger partial charge >= 0.3 is 0 Å². The Morgan fingerprint density at radius 1 is 1.21 bits per heavy atom. The monoisotopic (exact) mass is 469 g/mol. The minimum absolute atomic E-state index is 0.311. The molecule has 8 nitrogen and oxygen atoms in total. The Hall–Kier alpha value is -2.72. The molecule has 0 saturated carbocycles. The minimum Gasteiger partial charge on any atom is -0.494 e. The first-order chi connectivity index (χ1) is 16.1. The number of likely N-dealkylation sites (tertiary alicyclic amines) is 1. The number of halogens is 1. The van der Waals surface area contributed by atoms with E-state index in [2.05, 4.69) is 30.0 Å². The molecule has 1 aromatic carbocycles. The number of ether oxygens (including phenoxy) is 1. The number of aromatic nitrogens is 5. The summed E-state index contributed by atoms with van der Waals surface area (Å²) >= 11 is 1.72. The topological polar surface area (TPSA) is 72.2 Å². The first kappa shape index (κ1) is 22.1. The van der Waals surface area contributed by atoms with Gasteiger partial charge in [-0.3, -0.25) is 4.98 Å². The quantitative estimate of drug-likeness (QED) is 0.368. The number of benzene rings is 1. The van der Waals surface area contributed by atoms with E-state index < -0.39 is 0 Å². The molecule has 3 aromatic rings. The van der Waals surface area contributed by atoms with Crippen molar-refractivity contribution >= 4 is 17.4 Å². The Labute approximate surface area is 197 Å². The van der Waals surface area contributed by atoms with Gasteiger partial charge in [0.05, 0.1) is 13.3 Å². The summed E-state index contributed by atoms with van der Waals surface area (Å²) in [5, 5.41) is 9.49. The summed E-state index contributed by atoms with van der Waals surface area (Å²) in [6.45, 7) is 4.27. The zero-order chi connectivity index (χ0) is 22.8. The number of fused-ring (bicyclic) bond motifs is 1. The molecule has 2 saturated heterocycles. The van der Waals surface area contributed by atoms with Crippen LogP contribution in [0.1, 0.15) is 12.8 Å². The molecule has 174 valence electrons. The molecule has 0 bridgehead atoms. The Balaban J connectivity index is 1.12. The van der Waals surface area contributed by atoms with Crippen molar-refractivity contribution < 1.29 is 9.13 Å². The van der Waals surface area contributed by atoms with Crippen LogP contribution in [0.3, 0.4) is 0 Å². The van der Waals surface area contributed by atoms with Crippen LogP contribution in [-0.2, 0) is 7.05 Å². The summed E-state index contributed by atoms with van der Waals surface area (Å²) in [5.74, 6) is 2.39. The summed E-state index contributed by atoms with van der Waals surface area (Å²) in [7, 11) is 3.48. The number of methoxy groups -OCH3 is 1. The zero-order valence-corrected chi connectivity index (χ0v) is 19.7. The molecule has 2 aliphatic rings. The number of nitrogens with zero attached hydrogens (tertiary/aromatic N) is 7. The molecule has 2 aromatic heterocycles. The third-order valence-corrected chi connectivity index (χ3v) is 7.67. The first-order valence-corrected chi connectivity index (χ1v) is 12.2. The van der Waals surface area contributed by atoms with E-state index in [4.69, 9.17) is 4.74 Å². The lowest BCUT2D eigenvalue weighted by Crippen LogP contribution is -2.35. The predicted molar refractivity (Wildman–Crippen MR) is 126 cm³/mol. The molecule has 5 rings (SSSR count). The van der Waals surface area contributed by atoms with Gasteiger partial charge in [-0.1, -0.05) is 11.8 Å². The molecule has 0 spiro atoms. The average Bonchev–Trinajstić information content (AvgIpc) is 3.52. The van der Waals surface area contributed by atoms with Crippen molar-refractivity contribution in [2.24, 2.45) is 13.0 Å². The standard InChI is InChI=1S/C23H28FN7OS/c1-29-22(19-13-25-7-8-26-19)27-28-23(29)33-11-3-9-30-14-16-6-10-31(20(16)15-30)17-4-5-18(24)21(12-17)32-2/h4-5,7-8,12-13,16,20H,3,6,9-11,14-15H2,1-2H3/t16-,20+/m0/s1. The highest BCUT2D eigenvalue weighted by Crippen LogP contribution is 2.37. The number of hydrogen-bond donors (Lipinski definition) is 0. The fraction of sp³-hybridized carbons (Fsp3) is 0.478. The normalized spacial score (nSPS) is 20.4. The molecule has 2 aliphatic heterocycles. The maximum absolute atomic E-state index is 13.8. The summed E-state index contributed by atoms with van der Waals surface area (Å²) in [5.41, 5.74) is 1.78. The van der Waals surface area contributed by atoms with Crippen molar-refractivity contribution in [3.8, 4) is 17.3 Å². The first-order valence-electron chi connectivity index (χ1n) is 11.2. The largest absolute Gasteiger partial charge is 0.494 e. The number of hydrogen-bond acceptors (Lipinski definition) is 8. The van der Waals surface area contributed by atoms with Gasteiger partial charge in [0, 0.05) is 62.6 Å². The highest BCUT2D eigenvalue weighted by Gasteiger charge is 2.41. The molecule has 33 heavy (non-hydrogen) atoms. The predicted octanol–water partition coefficient (Wildman–Crippen LogP) is 3.11. The minimum atomic E-state index is -0.311. The van der Waals surface area contributed by atoms with E-state index in [0.29, 0.717) is 17.7 Å². The van der Waals surface area contributed by atoms with Crippen molar-refractivity contribution in [1.29, 1.82) is 0 Å². The van der Waals surface area contributed by atoms with E-state index in [1.807, 2.05) is 23.7 Å². The van der Waals surface area contributed by atoms with Crippen LogP contribution < -0.4 is 9.64 Å². The summed E-state index contributed by atoms with van der Waals surface area (Å²) in [6, 6.07) is 5.69. The molecule has 4 heterocycles. The third-order valence-electron chi connectivity index (χ3n) is 6.57. The Kier molecular flexibility index (Phi) is 6.45. The summed E-state index contributed by atoms with van der Waals surface area (Å²) < 4.78 is 21.0. The van der Waals surface area contributed by atoms with E-state index >= 15 is 0 Å². The lowest BCUT2D eigenvalue weighted by atomic mass is 10.0. The van der Waals surface area contributed by atoms with Gasteiger partial charge in [0.2, 0.25) is 0 Å². The van der Waals surface area contributed by atoms with E-state index in [1.54, 1.807) is 30.4 Å². The molecule has 10 heteroatoms. The van der Waals surface area contributed by atoms with Gasteiger partial charge in [0.15, 0.2) is 22.5 Å². The average molecular weight is 470 g/mol. The number of rotatable bonds is 8. The van der Waals surface area contributed by atoms with Gasteiger partial charge < -0.3 is 19.1 Å². The third kappa shape index (κ3) is 4.54. The van der Waals surface area contributed by atoms with Crippen LogP contribution in [0, 0.1) is 11.7 Å². The van der Waals surface area contributed by atoms with Gasteiger partial charge in [-0.15, -0.1) is 10.2 Å². The van der Waals surface area contributed by atoms with Crippen LogP contribution in [0.2, 0.25) is 0 Å². The van der Waals surface area contributed by atoms with Gasteiger partial charge in [-0.25, -0.2) is 9.37 Å². The maximum Gasteiger partial charge on any atom is 0.191 e. The molecule has 0 radical (unpaired) electrons. The number of anilines is 1. The Bertz CT molecular complexity index is 1100. The zero-order valence-electron chi connectivity index (χ0n) is 18.9. The molecule has 0 unspecified atom stereocenters. The molecule has 2 atom stereocenters. The molecule has 0 N–H and O–H groups in total. The van der Waals surface area contributed by atoms with Crippen molar-refractivity contribution in [2.45, 2.75) is 24.0 Å². The maximum atomic E-state index is 13.8. The molecular formula is C23H28FN7OS. The van der Waals surface area contributed by atoms with Crippen LogP contribution in [0.15, 0.2) is 41.9 Å². The van der Waals surface area contributed by atoms with Gasteiger partial charge in [0.25, 0.3) is 0 Å². The molecule has 0 amide bonds. The lowest BCUT2D eigenvalue weighted by Gasteiger charge is -2.27. The van der Waals surface area contributed by atoms with Gasteiger partial charge in [0.1, 0.15) is 5.69 Å². The van der Waals surface area contributed by atoms with Crippen LogP contribution in [-0.4, -0.2) is 74.7 Å². The molecule has 0 aliphatic carbocycles. The second-order valence-corrected chi connectivity index (χ2v) is 9.61. The van der Waals surface area contributed by atoms with Crippen LogP contribution in [0.5, 0.6) is 5.75 Å².